The SMILES string of the molecule is NCc1cccc(CNC(=O)COCc2nc3ccccc3o2)c1. The molecule has 6 nitrogen and oxygen atoms in total. The molecule has 0 aliphatic heterocycles. The standard InChI is InChI=1S/C18H19N3O3/c19-9-13-4-3-5-14(8-13)10-20-17(22)11-23-12-18-21-15-6-1-2-7-16(15)24-18/h1-8H,9-12,19H2,(H,20,22). The maximum Gasteiger partial charge on any atom is 0.246 e. The Hall–Kier alpha value is -2.70. The number of fused-ring (bicyclic) bond motifs is 1. The van der Waals surface area contributed by atoms with Crippen molar-refractivity contribution in [2.75, 3.05) is 6.61 Å². The van der Waals surface area contributed by atoms with E-state index in [-0.39, 0.29) is 19.1 Å². The minimum absolute atomic E-state index is 0.0463. The predicted octanol–water partition coefficient (Wildman–Crippen LogP) is 2.12. The second-order valence-corrected chi connectivity index (χ2v) is 5.37. The van der Waals surface area contributed by atoms with Gasteiger partial charge in [-0.15, -0.1) is 0 Å². The molecule has 1 amide bonds. The molecule has 3 aromatic rings. The second kappa shape index (κ2) is 7.72. The first-order valence-corrected chi connectivity index (χ1v) is 7.71. The van der Waals surface area contributed by atoms with Crippen molar-refractivity contribution in [3.63, 3.8) is 0 Å². The number of nitrogens with two attached hydrogens (primary N) is 1. The molecule has 124 valence electrons. The van der Waals surface area contributed by atoms with E-state index >= 15 is 0 Å². The molecule has 24 heavy (non-hydrogen) atoms. The molecule has 0 fully saturated rings. The van der Waals surface area contributed by atoms with Crippen molar-refractivity contribution in [2.24, 2.45) is 5.73 Å². The van der Waals surface area contributed by atoms with Crippen LogP contribution in [0.15, 0.2) is 52.9 Å². The van der Waals surface area contributed by atoms with Crippen molar-refractivity contribution in [1.29, 1.82) is 0 Å². The van der Waals surface area contributed by atoms with Gasteiger partial charge >= 0.3 is 0 Å². The van der Waals surface area contributed by atoms with Gasteiger partial charge in [0.25, 0.3) is 0 Å². The molecule has 0 saturated heterocycles. The molecule has 1 heterocycles. The van der Waals surface area contributed by atoms with Gasteiger partial charge in [-0.1, -0.05) is 36.4 Å². The Morgan fingerprint density at radius 1 is 1.17 bits per heavy atom. The van der Waals surface area contributed by atoms with Crippen LogP contribution >= 0.6 is 0 Å². The minimum Gasteiger partial charge on any atom is -0.438 e. The highest BCUT2D eigenvalue weighted by molar-refractivity contribution is 5.77. The number of rotatable bonds is 7. The third-order valence-electron chi connectivity index (χ3n) is 3.51. The highest BCUT2D eigenvalue weighted by Gasteiger charge is 2.07. The van der Waals surface area contributed by atoms with Crippen LogP contribution in [0.5, 0.6) is 0 Å². The Balaban J connectivity index is 1.43. The molecule has 3 rings (SSSR count). The van der Waals surface area contributed by atoms with E-state index in [1.54, 1.807) is 0 Å². The number of hydrogen-bond donors (Lipinski definition) is 2. The summed E-state index contributed by atoms with van der Waals surface area (Å²) in [7, 11) is 0. The first-order chi connectivity index (χ1) is 11.7. The van der Waals surface area contributed by atoms with E-state index in [0.29, 0.717) is 24.6 Å². The molecule has 0 aliphatic carbocycles. The van der Waals surface area contributed by atoms with Crippen LogP contribution in [0.3, 0.4) is 0 Å². The van der Waals surface area contributed by atoms with Gasteiger partial charge < -0.3 is 20.2 Å². The molecule has 0 unspecified atom stereocenters. The summed E-state index contributed by atoms with van der Waals surface area (Å²) in [4.78, 5) is 16.1. The summed E-state index contributed by atoms with van der Waals surface area (Å²) in [6.45, 7) is 1.04. The average Bonchev–Trinajstić information content (AvgIpc) is 3.03. The maximum atomic E-state index is 11.8. The fourth-order valence-electron chi connectivity index (χ4n) is 2.33. The topological polar surface area (TPSA) is 90.4 Å². The molecule has 6 heteroatoms. The van der Waals surface area contributed by atoms with E-state index in [4.69, 9.17) is 14.9 Å². The van der Waals surface area contributed by atoms with Gasteiger partial charge in [-0.05, 0) is 23.3 Å². The van der Waals surface area contributed by atoms with Gasteiger partial charge in [0.15, 0.2) is 5.58 Å². The molecule has 1 aromatic heterocycles. The zero-order chi connectivity index (χ0) is 16.8. The molecule has 0 bridgehead atoms. The van der Waals surface area contributed by atoms with E-state index in [9.17, 15) is 4.79 Å². The van der Waals surface area contributed by atoms with Crippen molar-refractivity contribution in [3.05, 3.63) is 65.5 Å². The molecule has 0 radical (unpaired) electrons. The van der Waals surface area contributed by atoms with Crippen molar-refractivity contribution in [1.82, 2.24) is 10.3 Å². The summed E-state index contributed by atoms with van der Waals surface area (Å²) >= 11 is 0. The quantitative estimate of drug-likeness (QED) is 0.694. The Morgan fingerprint density at radius 2 is 2.00 bits per heavy atom. The van der Waals surface area contributed by atoms with E-state index in [0.717, 1.165) is 16.6 Å². The Labute approximate surface area is 139 Å². The molecule has 0 aliphatic rings. The zero-order valence-electron chi connectivity index (χ0n) is 13.2. The molecule has 2 aromatic carbocycles. The number of oxazole rings is 1. The van der Waals surface area contributed by atoms with Gasteiger partial charge in [0.2, 0.25) is 11.8 Å². The first kappa shape index (κ1) is 16.2. The Bertz CT molecular complexity index is 796. The fraction of sp³-hybridized carbons (Fsp3) is 0.222. The van der Waals surface area contributed by atoms with Crippen LogP contribution in [0.2, 0.25) is 0 Å². The van der Waals surface area contributed by atoms with E-state index in [1.165, 1.54) is 0 Å². The number of aromatic nitrogens is 1. The minimum atomic E-state index is -0.190. The maximum absolute atomic E-state index is 11.8. The lowest BCUT2D eigenvalue weighted by molar-refractivity contribution is -0.126. The number of benzene rings is 2. The van der Waals surface area contributed by atoms with Gasteiger partial charge in [0.05, 0.1) is 0 Å². The number of ether oxygens (including phenoxy) is 1. The summed E-state index contributed by atoms with van der Waals surface area (Å²) in [5.74, 6) is 0.268. The second-order valence-electron chi connectivity index (χ2n) is 5.37. The summed E-state index contributed by atoms with van der Waals surface area (Å²) in [5.41, 5.74) is 9.13. The number of hydrogen-bond acceptors (Lipinski definition) is 5. The van der Waals surface area contributed by atoms with Crippen molar-refractivity contribution >= 4 is 17.0 Å². The van der Waals surface area contributed by atoms with Crippen molar-refractivity contribution in [2.45, 2.75) is 19.7 Å². The summed E-state index contributed by atoms with van der Waals surface area (Å²) < 4.78 is 10.9. The van der Waals surface area contributed by atoms with Crippen LogP contribution < -0.4 is 11.1 Å². The fourth-order valence-corrected chi connectivity index (χ4v) is 2.33. The Kier molecular flexibility index (Phi) is 5.20. The predicted molar refractivity (Wildman–Crippen MR) is 89.8 cm³/mol. The normalized spacial score (nSPS) is 10.9. The smallest absolute Gasteiger partial charge is 0.246 e. The van der Waals surface area contributed by atoms with Crippen LogP contribution in [0.1, 0.15) is 17.0 Å². The molecule has 0 spiro atoms. The highest BCUT2D eigenvalue weighted by atomic mass is 16.5. The number of carbonyl (C=O) groups excluding carboxylic acids is 1. The molecule has 3 N–H and O–H groups in total. The van der Waals surface area contributed by atoms with E-state index in [2.05, 4.69) is 10.3 Å². The number of para-hydroxylation sites is 2. The summed E-state index contributed by atoms with van der Waals surface area (Å²) in [6, 6.07) is 15.3. The van der Waals surface area contributed by atoms with Gasteiger partial charge in [-0.3, -0.25) is 4.79 Å². The highest BCUT2D eigenvalue weighted by Crippen LogP contribution is 2.15. The van der Waals surface area contributed by atoms with Gasteiger partial charge in [-0.2, -0.15) is 0 Å². The lowest BCUT2D eigenvalue weighted by atomic mass is 10.1. The summed E-state index contributed by atoms with van der Waals surface area (Å²) in [6.07, 6.45) is 0. The zero-order valence-corrected chi connectivity index (χ0v) is 13.2. The number of nitrogens with zero attached hydrogens (tertiary/aromatic N) is 1. The van der Waals surface area contributed by atoms with Crippen LogP contribution in [-0.2, 0) is 29.2 Å². The molecular weight excluding hydrogens is 306 g/mol. The van der Waals surface area contributed by atoms with Crippen molar-refractivity contribution < 1.29 is 13.9 Å². The average molecular weight is 325 g/mol. The third kappa shape index (κ3) is 4.18. The number of carbonyl (C=O) groups is 1. The largest absolute Gasteiger partial charge is 0.438 e. The van der Waals surface area contributed by atoms with Crippen LogP contribution in [-0.4, -0.2) is 17.5 Å². The Morgan fingerprint density at radius 3 is 2.83 bits per heavy atom. The molecule has 0 atom stereocenters. The van der Waals surface area contributed by atoms with Crippen LogP contribution in [0, 0.1) is 0 Å². The molecular formula is C18H19N3O3. The van der Waals surface area contributed by atoms with Crippen LogP contribution in [0.25, 0.3) is 11.1 Å². The third-order valence-corrected chi connectivity index (χ3v) is 3.51. The number of nitrogens with one attached hydrogen (secondary N) is 1. The van der Waals surface area contributed by atoms with Gasteiger partial charge in [0, 0.05) is 13.1 Å². The van der Waals surface area contributed by atoms with Crippen LogP contribution in [0.4, 0.5) is 0 Å². The van der Waals surface area contributed by atoms with Gasteiger partial charge in [0.1, 0.15) is 18.7 Å². The monoisotopic (exact) mass is 325 g/mol. The van der Waals surface area contributed by atoms with Gasteiger partial charge in [-0.25, -0.2) is 4.98 Å². The summed E-state index contributed by atoms with van der Waals surface area (Å²) in [5, 5.41) is 2.81. The van der Waals surface area contributed by atoms with Crippen molar-refractivity contribution in [3.8, 4) is 0 Å². The van der Waals surface area contributed by atoms with E-state index in [1.807, 2.05) is 48.5 Å². The number of amides is 1. The first-order valence-electron chi connectivity index (χ1n) is 7.71. The van der Waals surface area contributed by atoms with E-state index < -0.39 is 0 Å². The molecule has 0 saturated carbocycles. The lowest BCUT2D eigenvalue weighted by Crippen LogP contribution is -2.27. The lowest BCUT2D eigenvalue weighted by Gasteiger charge is -2.06.